The number of nitrogens with one attached hydrogen (secondary N) is 1. The van der Waals surface area contributed by atoms with Crippen molar-refractivity contribution in [1.82, 2.24) is 9.38 Å². The number of pyridine rings is 1. The van der Waals surface area contributed by atoms with Crippen molar-refractivity contribution in [2.75, 3.05) is 5.32 Å². The second kappa shape index (κ2) is 8.04. The lowest BCUT2D eigenvalue weighted by Gasteiger charge is -2.15. The second-order valence-corrected chi connectivity index (χ2v) is 6.58. The SMILES string of the molecule is CC(=O)CC(=O)Nc1cccc(C)c1COc1cccn2c(C=O)c(C)nc12. The van der Waals surface area contributed by atoms with Gasteiger partial charge in [0.15, 0.2) is 17.7 Å². The molecule has 0 aliphatic rings. The number of ketones is 1. The van der Waals surface area contributed by atoms with Crippen LogP contribution in [0.4, 0.5) is 5.69 Å². The van der Waals surface area contributed by atoms with Crippen LogP contribution < -0.4 is 10.1 Å². The number of carbonyl (C=O) groups is 3. The van der Waals surface area contributed by atoms with E-state index in [-0.39, 0.29) is 24.7 Å². The van der Waals surface area contributed by atoms with Crippen LogP contribution in [0.2, 0.25) is 0 Å². The van der Waals surface area contributed by atoms with E-state index in [1.54, 1.807) is 35.7 Å². The quantitative estimate of drug-likeness (QED) is 0.503. The fraction of sp³-hybridized carbons (Fsp3) is 0.238. The van der Waals surface area contributed by atoms with Gasteiger partial charge in [0.05, 0.1) is 12.1 Å². The molecule has 0 radical (unpaired) electrons. The van der Waals surface area contributed by atoms with E-state index in [9.17, 15) is 14.4 Å². The first-order chi connectivity index (χ1) is 13.4. The molecule has 7 heteroatoms. The minimum Gasteiger partial charge on any atom is -0.485 e. The van der Waals surface area contributed by atoms with Crippen LogP contribution in [0.15, 0.2) is 36.5 Å². The molecule has 0 saturated carbocycles. The number of aldehydes is 1. The Morgan fingerprint density at radius 1 is 1.21 bits per heavy atom. The molecule has 0 saturated heterocycles. The summed E-state index contributed by atoms with van der Waals surface area (Å²) in [5.41, 5.74) is 4.01. The van der Waals surface area contributed by atoms with Gasteiger partial charge in [0.2, 0.25) is 5.91 Å². The Morgan fingerprint density at radius 2 is 2.00 bits per heavy atom. The number of benzene rings is 1. The lowest BCUT2D eigenvalue weighted by atomic mass is 10.1. The smallest absolute Gasteiger partial charge is 0.231 e. The summed E-state index contributed by atoms with van der Waals surface area (Å²) >= 11 is 0. The van der Waals surface area contributed by atoms with Crippen molar-refractivity contribution >= 4 is 29.3 Å². The Morgan fingerprint density at radius 3 is 2.71 bits per heavy atom. The average molecular weight is 379 g/mol. The minimum atomic E-state index is -0.360. The van der Waals surface area contributed by atoms with E-state index in [0.717, 1.165) is 17.4 Å². The third-order valence-corrected chi connectivity index (χ3v) is 4.41. The fourth-order valence-corrected chi connectivity index (χ4v) is 3.01. The topological polar surface area (TPSA) is 89.8 Å². The van der Waals surface area contributed by atoms with Gasteiger partial charge in [0.25, 0.3) is 0 Å². The first-order valence-corrected chi connectivity index (χ1v) is 8.84. The number of ether oxygens (including phenoxy) is 1. The Labute approximate surface area is 162 Å². The maximum absolute atomic E-state index is 12.0. The van der Waals surface area contributed by atoms with Crippen LogP contribution in [0.25, 0.3) is 5.65 Å². The molecule has 0 unspecified atom stereocenters. The Kier molecular flexibility index (Phi) is 5.54. The van der Waals surface area contributed by atoms with Gasteiger partial charge in [-0.05, 0) is 44.5 Å². The van der Waals surface area contributed by atoms with Gasteiger partial charge in [-0.2, -0.15) is 0 Å². The fourth-order valence-electron chi connectivity index (χ4n) is 3.01. The molecule has 2 heterocycles. The van der Waals surface area contributed by atoms with E-state index in [2.05, 4.69) is 10.3 Å². The number of aryl methyl sites for hydroxylation is 2. The summed E-state index contributed by atoms with van der Waals surface area (Å²) < 4.78 is 7.67. The Hall–Kier alpha value is -3.48. The van der Waals surface area contributed by atoms with E-state index >= 15 is 0 Å². The molecule has 0 spiro atoms. The number of nitrogens with zero attached hydrogens (tertiary/aromatic N) is 2. The van der Waals surface area contributed by atoms with Crippen LogP contribution >= 0.6 is 0 Å². The predicted octanol–water partition coefficient (Wildman–Crippen LogP) is 3.26. The summed E-state index contributed by atoms with van der Waals surface area (Å²) in [6.07, 6.45) is 2.35. The molecule has 0 aliphatic carbocycles. The summed E-state index contributed by atoms with van der Waals surface area (Å²) in [5.74, 6) is -0.0285. The van der Waals surface area contributed by atoms with Crippen molar-refractivity contribution in [2.45, 2.75) is 33.8 Å². The van der Waals surface area contributed by atoms with Gasteiger partial charge < -0.3 is 10.1 Å². The van der Waals surface area contributed by atoms with Crippen LogP contribution in [0.3, 0.4) is 0 Å². The number of rotatable bonds is 7. The molecule has 0 bridgehead atoms. The molecule has 1 aromatic carbocycles. The normalized spacial score (nSPS) is 10.7. The van der Waals surface area contributed by atoms with Crippen LogP contribution in [-0.2, 0) is 16.2 Å². The second-order valence-electron chi connectivity index (χ2n) is 6.58. The average Bonchev–Trinajstić information content (AvgIpc) is 2.96. The minimum absolute atomic E-state index is 0.171. The highest BCUT2D eigenvalue weighted by atomic mass is 16.5. The monoisotopic (exact) mass is 379 g/mol. The number of imidazole rings is 1. The van der Waals surface area contributed by atoms with Gasteiger partial charge in [-0.15, -0.1) is 0 Å². The number of hydrogen-bond donors (Lipinski definition) is 1. The van der Waals surface area contributed by atoms with Crippen molar-refractivity contribution in [1.29, 1.82) is 0 Å². The number of aromatic nitrogens is 2. The van der Waals surface area contributed by atoms with E-state index in [1.165, 1.54) is 6.92 Å². The maximum atomic E-state index is 12.0. The molecule has 0 fully saturated rings. The zero-order valence-corrected chi connectivity index (χ0v) is 16.0. The number of amides is 1. The molecule has 0 aliphatic heterocycles. The molecule has 3 aromatic rings. The maximum Gasteiger partial charge on any atom is 0.231 e. The summed E-state index contributed by atoms with van der Waals surface area (Å²) in [6, 6.07) is 9.09. The summed E-state index contributed by atoms with van der Waals surface area (Å²) in [6.45, 7) is 5.26. The lowest BCUT2D eigenvalue weighted by molar-refractivity contribution is -0.124. The Bertz CT molecular complexity index is 1070. The number of hydrogen-bond acceptors (Lipinski definition) is 5. The molecule has 28 heavy (non-hydrogen) atoms. The molecule has 0 atom stereocenters. The highest BCUT2D eigenvalue weighted by Gasteiger charge is 2.14. The van der Waals surface area contributed by atoms with Gasteiger partial charge in [0, 0.05) is 17.4 Å². The molecular formula is C21H21N3O4. The van der Waals surface area contributed by atoms with Crippen molar-refractivity contribution in [3.05, 3.63) is 59.0 Å². The van der Waals surface area contributed by atoms with Gasteiger partial charge >= 0.3 is 0 Å². The standard InChI is InChI=1S/C21H21N3O4/c1-13-6-4-7-17(23-20(27)10-14(2)26)16(13)12-28-19-8-5-9-24-18(11-25)15(3)22-21(19)24/h4-9,11H,10,12H2,1-3H3,(H,23,27). The van der Waals surface area contributed by atoms with Crippen LogP contribution in [0.1, 0.15) is 40.7 Å². The summed E-state index contributed by atoms with van der Waals surface area (Å²) in [5, 5.41) is 2.77. The molecular weight excluding hydrogens is 358 g/mol. The zero-order valence-electron chi connectivity index (χ0n) is 16.0. The van der Waals surface area contributed by atoms with Crippen LogP contribution in [0, 0.1) is 13.8 Å². The third-order valence-electron chi connectivity index (χ3n) is 4.41. The van der Waals surface area contributed by atoms with Gasteiger partial charge in [-0.25, -0.2) is 4.98 Å². The first-order valence-electron chi connectivity index (χ1n) is 8.84. The summed E-state index contributed by atoms with van der Waals surface area (Å²) in [7, 11) is 0. The largest absolute Gasteiger partial charge is 0.485 e. The molecule has 1 amide bonds. The highest BCUT2D eigenvalue weighted by molar-refractivity contribution is 6.03. The van der Waals surface area contributed by atoms with E-state index < -0.39 is 0 Å². The van der Waals surface area contributed by atoms with Crippen molar-refractivity contribution < 1.29 is 19.1 Å². The van der Waals surface area contributed by atoms with E-state index in [1.807, 2.05) is 19.1 Å². The van der Waals surface area contributed by atoms with Crippen molar-refractivity contribution in [3.63, 3.8) is 0 Å². The third kappa shape index (κ3) is 3.93. The first kappa shape index (κ1) is 19.3. The van der Waals surface area contributed by atoms with Gasteiger partial charge in [-0.3, -0.25) is 18.8 Å². The van der Waals surface area contributed by atoms with Crippen LogP contribution in [0.5, 0.6) is 5.75 Å². The number of anilines is 1. The lowest BCUT2D eigenvalue weighted by Crippen LogP contribution is -2.16. The highest BCUT2D eigenvalue weighted by Crippen LogP contribution is 2.25. The number of fused-ring (bicyclic) bond motifs is 1. The van der Waals surface area contributed by atoms with Crippen molar-refractivity contribution in [3.8, 4) is 5.75 Å². The van der Waals surface area contributed by atoms with E-state index in [4.69, 9.17) is 4.74 Å². The van der Waals surface area contributed by atoms with E-state index in [0.29, 0.717) is 28.5 Å². The predicted molar refractivity (Wildman–Crippen MR) is 105 cm³/mol. The Balaban J connectivity index is 1.87. The molecule has 144 valence electrons. The number of Topliss-reactive ketones (excluding diaryl/α,β-unsaturated/α-hetero) is 1. The molecule has 2 aromatic heterocycles. The summed E-state index contributed by atoms with van der Waals surface area (Å²) in [4.78, 5) is 38.9. The van der Waals surface area contributed by atoms with Gasteiger partial charge in [0.1, 0.15) is 18.1 Å². The molecule has 7 nitrogen and oxygen atoms in total. The molecule has 3 rings (SSSR count). The van der Waals surface area contributed by atoms with Gasteiger partial charge in [-0.1, -0.05) is 12.1 Å². The number of carbonyl (C=O) groups excluding carboxylic acids is 3. The zero-order chi connectivity index (χ0) is 20.3. The molecule has 1 N–H and O–H groups in total. The van der Waals surface area contributed by atoms with Crippen molar-refractivity contribution in [2.24, 2.45) is 0 Å². The van der Waals surface area contributed by atoms with Crippen LogP contribution in [-0.4, -0.2) is 27.4 Å².